The first-order valence-electron chi connectivity index (χ1n) is 9.22. The summed E-state index contributed by atoms with van der Waals surface area (Å²) in [4.78, 5) is 25.1. The second-order valence-electron chi connectivity index (χ2n) is 7.74. The van der Waals surface area contributed by atoms with E-state index in [0.29, 0.717) is 16.8 Å². The number of carbonyl (C=O) groups excluding carboxylic acids is 2. The van der Waals surface area contributed by atoms with E-state index in [1.807, 2.05) is 76.2 Å². The summed E-state index contributed by atoms with van der Waals surface area (Å²) in [5.74, 6) is 0.547. The Morgan fingerprint density at radius 2 is 1.71 bits per heavy atom. The topological polar surface area (TPSA) is 57.5 Å². The van der Waals surface area contributed by atoms with Crippen molar-refractivity contribution < 1.29 is 19.1 Å². The molecular weight excluding hydrogens is 354 g/mol. The number of aromatic nitrogens is 1. The number of carbonyl (C=O) groups is 2. The molecule has 0 radical (unpaired) electrons. The van der Waals surface area contributed by atoms with Crippen LogP contribution in [0.3, 0.4) is 0 Å². The maximum atomic E-state index is 13.1. The number of aldehydes is 1. The van der Waals surface area contributed by atoms with E-state index in [2.05, 4.69) is 0 Å². The summed E-state index contributed by atoms with van der Waals surface area (Å²) in [5.41, 5.74) is 2.11. The minimum atomic E-state index is -0.648. The first kappa shape index (κ1) is 19.7. The molecule has 0 aliphatic heterocycles. The highest BCUT2D eigenvalue weighted by Gasteiger charge is 2.28. The van der Waals surface area contributed by atoms with Gasteiger partial charge in [-0.25, -0.2) is 9.36 Å². The van der Waals surface area contributed by atoms with Crippen LogP contribution < -0.4 is 4.74 Å². The molecule has 0 aliphatic rings. The molecule has 28 heavy (non-hydrogen) atoms. The number of nitrogens with zero attached hydrogens (tertiary/aromatic N) is 1. The van der Waals surface area contributed by atoms with Crippen molar-refractivity contribution >= 4 is 23.3 Å². The lowest BCUT2D eigenvalue weighted by atomic mass is 9.94. The Morgan fingerprint density at radius 1 is 1.07 bits per heavy atom. The van der Waals surface area contributed by atoms with Gasteiger partial charge in [0.1, 0.15) is 11.4 Å². The molecule has 5 heteroatoms. The van der Waals surface area contributed by atoms with Gasteiger partial charge in [-0.05, 0) is 44.5 Å². The van der Waals surface area contributed by atoms with E-state index in [4.69, 9.17) is 9.47 Å². The molecule has 2 aromatic carbocycles. The van der Waals surface area contributed by atoms with Crippen molar-refractivity contribution in [1.82, 2.24) is 4.57 Å². The fraction of sp³-hybridized carbons (Fsp3) is 0.304. The minimum absolute atomic E-state index is 0.203. The van der Waals surface area contributed by atoms with E-state index in [-0.39, 0.29) is 5.92 Å². The third-order valence-electron chi connectivity index (χ3n) is 4.67. The van der Waals surface area contributed by atoms with Gasteiger partial charge in [-0.15, -0.1) is 0 Å². The highest BCUT2D eigenvalue weighted by Crippen LogP contribution is 2.35. The van der Waals surface area contributed by atoms with Crippen LogP contribution >= 0.6 is 0 Å². The SMILES string of the molecule is COc1ccc([C@@H](C)c2c(C=O)c3ccccc3n2C(=O)OC(C)(C)C)cc1. The molecule has 3 aromatic rings. The average molecular weight is 379 g/mol. The lowest BCUT2D eigenvalue weighted by molar-refractivity contribution is 0.0539. The molecule has 0 N–H and O–H groups in total. The summed E-state index contributed by atoms with van der Waals surface area (Å²) in [7, 11) is 1.61. The average Bonchev–Trinajstić information content (AvgIpc) is 3.00. The smallest absolute Gasteiger partial charge is 0.419 e. The van der Waals surface area contributed by atoms with Crippen LogP contribution in [0.25, 0.3) is 10.9 Å². The maximum Gasteiger partial charge on any atom is 0.419 e. The Kier molecular flexibility index (Phi) is 5.27. The summed E-state index contributed by atoms with van der Waals surface area (Å²) in [6, 6.07) is 15.0. The van der Waals surface area contributed by atoms with Gasteiger partial charge in [-0.2, -0.15) is 0 Å². The molecule has 3 rings (SSSR count). The number of methoxy groups -OCH3 is 1. The van der Waals surface area contributed by atoms with Crippen LogP contribution in [-0.4, -0.2) is 29.7 Å². The van der Waals surface area contributed by atoms with Crippen LogP contribution in [0.1, 0.15) is 55.2 Å². The number of para-hydroxylation sites is 1. The van der Waals surface area contributed by atoms with Gasteiger partial charge in [0.15, 0.2) is 6.29 Å². The van der Waals surface area contributed by atoms with Crippen molar-refractivity contribution in [2.45, 2.75) is 39.2 Å². The Balaban J connectivity index is 2.22. The molecular formula is C23H25NO4. The predicted octanol–water partition coefficient (Wildman–Crippen LogP) is 5.40. The summed E-state index contributed by atoms with van der Waals surface area (Å²) < 4.78 is 12.4. The predicted molar refractivity (Wildman–Crippen MR) is 109 cm³/mol. The Labute approximate surface area is 164 Å². The van der Waals surface area contributed by atoms with E-state index >= 15 is 0 Å². The molecule has 0 saturated carbocycles. The number of hydrogen-bond acceptors (Lipinski definition) is 4. The molecule has 0 bridgehead atoms. The summed E-state index contributed by atoms with van der Waals surface area (Å²) in [5, 5.41) is 0.735. The van der Waals surface area contributed by atoms with Crippen molar-refractivity contribution in [3.8, 4) is 5.75 Å². The van der Waals surface area contributed by atoms with Gasteiger partial charge in [0.05, 0.1) is 12.6 Å². The highest BCUT2D eigenvalue weighted by atomic mass is 16.6. The van der Waals surface area contributed by atoms with E-state index < -0.39 is 11.7 Å². The van der Waals surface area contributed by atoms with Crippen LogP contribution in [0.4, 0.5) is 4.79 Å². The van der Waals surface area contributed by atoms with Crippen molar-refractivity contribution in [2.75, 3.05) is 7.11 Å². The standard InChI is InChI=1S/C23H25NO4/c1-15(16-10-12-17(27-5)13-11-16)21-19(14-25)18-8-6-7-9-20(18)24(21)22(26)28-23(2,3)4/h6-15H,1-5H3/t15-/m1/s1. The third kappa shape index (κ3) is 3.65. The van der Waals surface area contributed by atoms with Gasteiger partial charge >= 0.3 is 6.09 Å². The van der Waals surface area contributed by atoms with Gasteiger partial charge in [-0.3, -0.25) is 4.79 Å². The van der Waals surface area contributed by atoms with E-state index in [1.54, 1.807) is 7.11 Å². The van der Waals surface area contributed by atoms with Gasteiger partial charge in [-0.1, -0.05) is 37.3 Å². The molecule has 0 saturated heterocycles. The molecule has 0 aliphatic carbocycles. The molecule has 5 nitrogen and oxygen atoms in total. The molecule has 0 unspecified atom stereocenters. The first-order valence-corrected chi connectivity index (χ1v) is 9.22. The van der Waals surface area contributed by atoms with Gasteiger partial charge in [0.2, 0.25) is 0 Å². The lowest BCUT2D eigenvalue weighted by Gasteiger charge is -2.22. The van der Waals surface area contributed by atoms with Crippen molar-refractivity contribution in [1.29, 1.82) is 0 Å². The monoisotopic (exact) mass is 379 g/mol. The van der Waals surface area contributed by atoms with Crippen LogP contribution in [0, 0.1) is 0 Å². The fourth-order valence-electron chi connectivity index (χ4n) is 3.39. The first-order chi connectivity index (χ1) is 13.3. The molecule has 0 fully saturated rings. The Bertz CT molecular complexity index is 1010. The zero-order valence-electron chi connectivity index (χ0n) is 16.9. The van der Waals surface area contributed by atoms with Crippen molar-refractivity contribution in [3.05, 3.63) is 65.4 Å². The van der Waals surface area contributed by atoms with Crippen LogP contribution in [0.2, 0.25) is 0 Å². The van der Waals surface area contributed by atoms with Gasteiger partial charge < -0.3 is 9.47 Å². The second-order valence-corrected chi connectivity index (χ2v) is 7.74. The number of fused-ring (bicyclic) bond motifs is 1. The van der Waals surface area contributed by atoms with Gasteiger partial charge in [0.25, 0.3) is 0 Å². The van der Waals surface area contributed by atoms with Crippen molar-refractivity contribution in [3.63, 3.8) is 0 Å². The lowest BCUT2D eigenvalue weighted by Crippen LogP contribution is -2.28. The van der Waals surface area contributed by atoms with Crippen molar-refractivity contribution in [2.24, 2.45) is 0 Å². The Hall–Kier alpha value is -3.08. The number of hydrogen-bond donors (Lipinski definition) is 0. The fourth-order valence-corrected chi connectivity index (χ4v) is 3.39. The minimum Gasteiger partial charge on any atom is -0.497 e. The normalized spacial score (nSPS) is 12.6. The largest absolute Gasteiger partial charge is 0.497 e. The zero-order valence-corrected chi connectivity index (χ0v) is 16.9. The van der Waals surface area contributed by atoms with Crippen LogP contribution in [-0.2, 0) is 4.74 Å². The third-order valence-corrected chi connectivity index (χ3v) is 4.67. The molecule has 1 aromatic heterocycles. The highest BCUT2D eigenvalue weighted by molar-refractivity contribution is 6.03. The number of benzene rings is 2. The summed E-state index contributed by atoms with van der Waals surface area (Å²) in [6.07, 6.45) is 0.325. The summed E-state index contributed by atoms with van der Waals surface area (Å²) in [6.45, 7) is 7.45. The number of ether oxygens (including phenoxy) is 2. The van der Waals surface area contributed by atoms with E-state index in [9.17, 15) is 9.59 Å². The second kappa shape index (κ2) is 7.50. The molecule has 1 atom stereocenters. The van der Waals surface area contributed by atoms with Crippen LogP contribution in [0.5, 0.6) is 5.75 Å². The van der Waals surface area contributed by atoms with Crippen LogP contribution in [0.15, 0.2) is 48.5 Å². The molecule has 1 heterocycles. The molecule has 0 amide bonds. The quantitative estimate of drug-likeness (QED) is 0.570. The molecule has 0 spiro atoms. The zero-order chi connectivity index (χ0) is 20.5. The van der Waals surface area contributed by atoms with E-state index in [1.165, 1.54) is 4.57 Å². The van der Waals surface area contributed by atoms with E-state index in [0.717, 1.165) is 23.0 Å². The van der Waals surface area contributed by atoms with Gasteiger partial charge in [0, 0.05) is 22.6 Å². The molecule has 146 valence electrons. The maximum absolute atomic E-state index is 13.1. The Morgan fingerprint density at radius 3 is 2.29 bits per heavy atom. The summed E-state index contributed by atoms with van der Waals surface area (Å²) >= 11 is 0. The number of rotatable bonds is 4.